The summed E-state index contributed by atoms with van der Waals surface area (Å²) >= 11 is 5.88. The number of halogens is 1. The first-order valence-electron chi connectivity index (χ1n) is 8.57. The average Bonchev–Trinajstić information content (AvgIpc) is 2.73. The van der Waals surface area contributed by atoms with Crippen LogP contribution in [0.5, 0.6) is 11.5 Å². The molecule has 0 radical (unpaired) electrons. The van der Waals surface area contributed by atoms with E-state index in [-0.39, 0.29) is 5.91 Å². The third kappa shape index (κ3) is 4.92. The fourth-order valence-corrected chi connectivity index (χ4v) is 2.67. The van der Waals surface area contributed by atoms with Crippen molar-refractivity contribution in [2.45, 2.75) is 6.54 Å². The van der Waals surface area contributed by atoms with Gasteiger partial charge in [-0.2, -0.15) is 0 Å². The maximum Gasteiger partial charge on any atom is 0.257 e. The summed E-state index contributed by atoms with van der Waals surface area (Å²) in [6.07, 6.45) is 1.53. The van der Waals surface area contributed by atoms with Crippen molar-refractivity contribution >= 4 is 29.0 Å². The van der Waals surface area contributed by atoms with E-state index in [4.69, 9.17) is 21.1 Å². The van der Waals surface area contributed by atoms with E-state index < -0.39 is 0 Å². The highest BCUT2D eigenvalue weighted by Gasteiger charge is 2.10. The van der Waals surface area contributed by atoms with Crippen LogP contribution in [0, 0.1) is 0 Å². The Labute approximate surface area is 168 Å². The number of amides is 1. The predicted octanol–water partition coefficient (Wildman–Crippen LogP) is 4.62. The first-order valence-corrected chi connectivity index (χ1v) is 8.94. The zero-order valence-electron chi connectivity index (χ0n) is 15.5. The molecule has 0 saturated heterocycles. The van der Waals surface area contributed by atoms with Crippen LogP contribution in [-0.4, -0.2) is 25.1 Å². The van der Waals surface area contributed by atoms with Gasteiger partial charge >= 0.3 is 0 Å². The second kappa shape index (κ2) is 9.10. The Morgan fingerprint density at radius 3 is 2.39 bits per heavy atom. The van der Waals surface area contributed by atoms with Crippen LogP contribution in [0.15, 0.2) is 60.8 Å². The Bertz CT molecular complexity index is 944. The van der Waals surface area contributed by atoms with E-state index in [1.165, 1.54) is 6.20 Å². The summed E-state index contributed by atoms with van der Waals surface area (Å²) in [4.78, 5) is 16.7. The molecule has 0 aliphatic rings. The third-order valence-corrected chi connectivity index (χ3v) is 4.31. The molecule has 2 N–H and O–H groups in total. The minimum atomic E-state index is -0.260. The van der Waals surface area contributed by atoms with Crippen molar-refractivity contribution in [2.24, 2.45) is 0 Å². The van der Waals surface area contributed by atoms with Crippen LogP contribution in [0.1, 0.15) is 15.9 Å². The molecule has 28 heavy (non-hydrogen) atoms. The number of ether oxygens (including phenoxy) is 2. The summed E-state index contributed by atoms with van der Waals surface area (Å²) in [6.45, 7) is 0.612. The number of carbonyl (C=O) groups excluding carboxylic acids is 1. The fraction of sp³-hybridized carbons (Fsp3) is 0.143. The van der Waals surface area contributed by atoms with Crippen LogP contribution in [0.4, 0.5) is 11.5 Å². The van der Waals surface area contributed by atoms with Crippen molar-refractivity contribution in [3.8, 4) is 11.5 Å². The lowest BCUT2D eigenvalue weighted by Crippen LogP contribution is -2.12. The molecule has 0 atom stereocenters. The summed E-state index contributed by atoms with van der Waals surface area (Å²) in [5.74, 6) is 1.56. The second-order valence-electron chi connectivity index (χ2n) is 5.94. The van der Waals surface area contributed by atoms with Crippen LogP contribution in [0.3, 0.4) is 0 Å². The number of rotatable bonds is 7. The number of aromatic nitrogens is 1. The van der Waals surface area contributed by atoms with E-state index in [1.807, 2.05) is 24.3 Å². The molecule has 7 heteroatoms. The van der Waals surface area contributed by atoms with Crippen LogP contribution < -0.4 is 20.1 Å². The highest BCUT2D eigenvalue weighted by atomic mass is 35.5. The number of benzene rings is 2. The van der Waals surface area contributed by atoms with Gasteiger partial charge in [0.1, 0.15) is 5.82 Å². The number of hydrogen-bond acceptors (Lipinski definition) is 5. The molecule has 0 unspecified atom stereocenters. The largest absolute Gasteiger partial charge is 0.493 e. The number of anilines is 2. The van der Waals surface area contributed by atoms with Gasteiger partial charge in [0.05, 0.1) is 19.8 Å². The van der Waals surface area contributed by atoms with Gasteiger partial charge in [0.15, 0.2) is 11.5 Å². The number of nitrogens with one attached hydrogen (secondary N) is 2. The molecule has 1 aromatic heterocycles. The zero-order valence-corrected chi connectivity index (χ0v) is 16.3. The van der Waals surface area contributed by atoms with Crippen molar-refractivity contribution in [1.29, 1.82) is 0 Å². The Kier molecular flexibility index (Phi) is 6.34. The van der Waals surface area contributed by atoms with Gasteiger partial charge < -0.3 is 20.1 Å². The summed E-state index contributed by atoms with van der Waals surface area (Å²) < 4.78 is 10.4. The fourth-order valence-electron chi connectivity index (χ4n) is 2.54. The monoisotopic (exact) mass is 397 g/mol. The molecule has 0 bridgehead atoms. The number of hydrogen-bond donors (Lipinski definition) is 2. The van der Waals surface area contributed by atoms with E-state index in [2.05, 4.69) is 15.6 Å². The third-order valence-electron chi connectivity index (χ3n) is 4.05. The van der Waals surface area contributed by atoms with Crippen molar-refractivity contribution in [3.05, 3.63) is 76.9 Å². The first-order chi connectivity index (χ1) is 13.6. The minimum Gasteiger partial charge on any atom is -0.493 e. The van der Waals surface area contributed by atoms with Crippen LogP contribution in [0.25, 0.3) is 0 Å². The number of pyridine rings is 1. The van der Waals surface area contributed by atoms with Gasteiger partial charge in [-0.1, -0.05) is 23.7 Å². The van der Waals surface area contributed by atoms with Crippen LogP contribution in [-0.2, 0) is 6.54 Å². The second-order valence-corrected chi connectivity index (χ2v) is 6.37. The lowest BCUT2D eigenvalue weighted by atomic mass is 10.2. The van der Waals surface area contributed by atoms with Gasteiger partial charge in [-0.05, 0) is 42.0 Å². The Morgan fingerprint density at radius 1 is 1.00 bits per heavy atom. The smallest absolute Gasteiger partial charge is 0.257 e. The topological polar surface area (TPSA) is 72.5 Å². The van der Waals surface area contributed by atoms with Crippen molar-refractivity contribution in [2.75, 3.05) is 24.9 Å². The predicted molar refractivity (Wildman–Crippen MR) is 111 cm³/mol. The zero-order chi connectivity index (χ0) is 19.9. The molecule has 3 aromatic rings. The molecular formula is C21H20ClN3O3. The molecule has 0 aliphatic carbocycles. The van der Waals surface area contributed by atoms with E-state index in [0.29, 0.717) is 40.1 Å². The summed E-state index contributed by atoms with van der Waals surface area (Å²) in [5, 5.41) is 6.73. The molecule has 3 rings (SSSR count). The van der Waals surface area contributed by atoms with Gasteiger partial charge in [0, 0.05) is 29.5 Å². The molecule has 6 nitrogen and oxygen atoms in total. The molecule has 0 fully saturated rings. The maximum absolute atomic E-state index is 12.4. The standard InChI is InChI=1S/C21H20ClN3O3/c1-27-18-9-8-17(11-19(18)28-2)25-21(26)15-5-10-20(24-13-15)23-12-14-3-6-16(22)7-4-14/h3-11,13H,12H2,1-2H3,(H,23,24)(H,25,26). The Hall–Kier alpha value is -3.25. The molecule has 0 saturated carbocycles. The molecule has 2 aromatic carbocycles. The van der Waals surface area contributed by atoms with E-state index in [9.17, 15) is 4.79 Å². The minimum absolute atomic E-state index is 0.260. The first kappa shape index (κ1) is 19.5. The van der Waals surface area contributed by atoms with Crippen molar-refractivity contribution in [3.63, 3.8) is 0 Å². The van der Waals surface area contributed by atoms with Gasteiger partial charge in [0.2, 0.25) is 0 Å². The van der Waals surface area contributed by atoms with E-state index in [1.54, 1.807) is 44.6 Å². The van der Waals surface area contributed by atoms with Gasteiger partial charge in [0.25, 0.3) is 5.91 Å². The highest BCUT2D eigenvalue weighted by Crippen LogP contribution is 2.29. The SMILES string of the molecule is COc1ccc(NC(=O)c2ccc(NCc3ccc(Cl)cc3)nc2)cc1OC. The molecular weight excluding hydrogens is 378 g/mol. The molecule has 144 valence electrons. The number of carbonyl (C=O) groups is 1. The normalized spacial score (nSPS) is 10.2. The molecule has 1 amide bonds. The lowest BCUT2D eigenvalue weighted by molar-refractivity contribution is 0.102. The molecule has 0 aliphatic heterocycles. The average molecular weight is 398 g/mol. The molecule has 1 heterocycles. The summed E-state index contributed by atoms with van der Waals surface area (Å²) in [6, 6.07) is 16.2. The van der Waals surface area contributed by atoms with Gasteiger partial charge in [-0.3, -0.25) is 4.79 Å². The maximum atomic E-state index is 12.4. The summed E-state index contributed by atoms with van der Waals surface area (Å²) in [7, 11) is 3.10. The van der Waals surface area contributed by atoms with Crippen LogP contribution >= 0.6 is 11.6 Å². The van der Waals surface area contributed by atoms with E-state index >= 15 is 0 Å². The van der Waals surface area contributed by atoms with Crippen molar-refractivity contribution < 1.29 is 14.3 Å². The number of nitrogens with zero attached hydrogens (tertiary/aromatic N) is 1. The van der Waals surface area contributed by atoms with Crippen molar-refractivity contribution in [1.82, 2.24) is 4.98 Å². The quantitative estimate of drug-likeness (QED) is 0.608. The van der Waals surface area contributed by atoms with Gasteiger partial charge in [-0.25, -0.2) is 4.98 Å². The number of methoxy groups -OCH3 is 2. The molecule has 0 spiro atoms. The van der Waals surface area contributed by atoms with E-state index in [0.717, 1.165) is 5.56 Å². The van der Waals surface area contributed by atoms with Crippen LogP contribution in [0.2, 0.25) is 5.02 Å². The van der Waals surface area contributed by atoms with Gasteiger partial charge in [-0.15, -0.1) is 0 Å². The Balaban J connectivity index is 1.61. The summed E-state index contributed by atoms with van der Waals surface area (Å²) in [5.41, 5.74) is 2.14. The highest BCUT2D eigenvalue weighted by molar-refractivity contribution is 6.30. The lowest BCUT2D eigenvalue weighted by Gasteiger charge is -2.11. The Morgan fingerprint density at radius 2 is 1.75 bits per heavy atom.